The van der Waals surface area contributed by atoms with Crippen molar-refractivity contribution in [2.45, 2.75) is 57.3 Å². The quantitative estimate of drug-likeness (QED) is 0.669. The van der Waals surface area contributed by atoms with E-state index in [2.05, 4.69) is 56.5 Å². The largest absolute Gasteiger partial charge is 0.311 e. The van der Waals surface area contributed by atoms with Gasteiger partial charge in [0.15, 0.2) is 0 Å². The summed E-state index contributed by atoms with van der Waals surface area (Å²) < 4.78 is 4.40. The number of rotatable bonds is 8. The van der Waals surface area contributed by atoms with Gasteiger partial charge in [0, 0.05) is 30.3 Å². The molecule has 27 heavy (non-hydrogen) atoms. The fourth-order valence-electron chi connectivity index (χ4n) is 4.06. The normalized spacial score (nSPS) is 19.1. The van der Waals surface area contributed by atoms with Crippen molar-refractivity contribution in [3.8, 4) is 0 Å². The van der Waals surface area contributed by atoms with Crippen molar-refractivity contribution in [1.82, 2.24) is 34.3 Å². The van der Waals surface area contributed by atoms with Crippen LogP contribution in [0.5, 0.6) is 0 Å². The lowest BCUT2D eigenvalue weighted by molar-refractivity contribution is 0.199. The van der Waals surface area contributed by atoms with Crippen LogP contribution >= 0.6 is 0 Å². The first-order valence-electron chi connectivity index (χ1n) is 10.1. The van der Waals surface area contributed by atoms with Gasteiger partial charge in [0.2, 0.25) is 0 Å². The average molecular weight is 370 g/mol. The Morgan fingerprint density at radius 3 is 2.63 bits per heavy atom. The first-order chi connectivity index (χ1) is 13.1. The standard InChI is InChI=1S/C20H31N7/c1-4-9-26-14-16(12-21-26)13-25-10-7-17(8-11-25)20-23-22-19(15-24(2)3)27(20)18-5-6-18/h4,12,14,17-18H,1,5-11,13,15H2,2-3H3. The lowest BCUT2D eigenvalue weighted by Crippen LogP contribution is -2.33. The third-order valence-corrected chi connectivity index (χ3v) is 5.52. The molecule has 0 aromatic carbocycles. The van der Waals surface area contributed by atoms with Gasteiger partial charge in [0.1, 0.15) is 11.6 Å². The zero-order chi connectivity index (χ0) is 18.8. The summed E-state index contributed by atoms with van der Waals surface area (Å²) in [5.74, 6) is 2.90. The summed E-state index contributed by atoms with van der Waals surface area (Å²) in [6.45, 7) is 8.61. The molecule has 0 unspecified atom stereocenters. The summed E-state index contributed by atoms with van der Waals surface area (Å²) in [6, 6.07) is 0.638. The first kappa shape index (κ1) is 18.4. The monoisotopic (exact) mass is 369 g/mol. The predicted octanol–water partition coefficient (Wildman–Crippen LogP) is 2.44. The second-order valence-electron chi connectivity index (χ2n) is 8.22. The van der Waals surface area contributed by atoms with E-state index in [0.717, 1.165) is 51.4 Å². The molecule has 7 heteroatoms. The van der Waals surface area contributed by atoms with Crippen molar-refractivity contribution < 1.29 is 0 Å². The number of nitrogens with zero attached hydrogens (tertiary/aromatic N) is 7. The van der Waals surface area contributed by atoms with Crippen LogP contribution in [0.3, 0.4) is 0 Å². The highest BCUT2D eigenvalue weighted by Crippen LogP contribution is 2.40. The van der Waals surface area contributed by atoms with Crippen LogP contribution < -0.4 is 0 Å². The van der Waals surface area contributed by atoms with Crippen LogP contribution in [0.1, 0.15) is 54.9 Å². The Balaban J connectivity index is 1.37. The SMILES string of the molecule is C=CCn1cc(CN2CCC(c3nnc(CN(C)C)n3C3CC3)CC2)cn1. The van der Waals surface area contributed by atoms with Crippen molar-refractivity contribution in [2.75, 3.05) is 27.2 Å². The summed E-state index contributed by atoms with van der Waals surface area (Å²) in [5.41, 5.74) is 1.28. The van der Waals surface area contributed by atoms with Crippen LogP contribution in [0.4, 0.5) is 0 Å². The maximum Gasteiger partial charge on any atom is 0.147 e. The smallest absolute Gasteiger partial charge is 0.147 e. The minimum absolute atomic E-state index is 0.536. The number of hydrogen-bond donors (Lipinski definition) is 0. The molecule has 0 amide bonds. The number of allylic oxidation sites excluding steroid dienone is 1. The van der Waals surface area contributed by atoms with Crippen LogP contribution in [0, 0.1) is 0 Å². The molecular weight excluding hydrogens is 338 g/mol. The van der Waals surface area contributed by atoms with Crippen molar-refractivity contribution in [3.63, 3.8) is 0 Å². The number of likely N-dealkylation sites (tertiary alicyclic amines) is 1. The van der Waals surface area contributed by atoms with Gasteiger partial charge in [-0.15, -0.1) is 16.8 Å². The molecule has 2 aromatic heterocycles. The highest BCUT2D eigenvalue weighted by atomic mass is 15.3. The molecular formula is C20H31N7. The van der Waals surface area contributed by atoms with E-state index in [1.165, 1.54) is 24.2 Å². The molecule has 0 bridgehead atoms. The molecule has 146 valence electrons. The first-order valence-corrected chi connectivity index (χ1v) is 10.1. The Morgan fingerprint density at radius 2 is 1.96 bits per heavy atom. The van der Waals surface area contributed by atoms with Crippen LogP contribution in [0.15, 0.2) is 25.0 Å². The van der Waals surface area contributed by atoms with Gasteiger partial charge in [-0.1, -0.05) is 6.08 Å². The average Bonchev–Trinajstić information content (AvgIpc) is 3.26. The summed E-state index contributed by atoms with van der Waals surface area (Å²) in [5, 5.41) is 13.6. The molecule has 3 heterocycles. The maximum absolute atomic E-state index is 4.63. The zero-order valence-corrected chi connectivity index (χ0v) is 16.6. The lowest BCUT2D eigenvalue weighted by atomic mass is 9.95. The summed E-state index contributed by atoms with van der Waals surface area (Å²) in [4.78, 5) is 4.71. The van der Waals surface area contributed by atoms with E-state index in [1.807, 2.05) is 17.0 Å². The predicted molar refractivity (Wildman–Crippen MR) is 105 cm³/mol. The van der Waals surface area contributed by atoms with E-state index < -0.39 is 0 Å². The Labute approximate surface area is 161 Å². The minimum atomic E-state index is 0.536. The van der Waals surface area contributed by atoms with Crippen molar-refractivity contribution in [2.24, 2.45) is 0 Å². The van der Waals surface area contributed by atoms with Gasteiger partial charge >= 0.3 is 0 Å². The molecule has 1 saturated carbocycles. The lowest BCUT2D eigenvalue weighted by Gasteiger charge is -2.31. The maximum atomic E-state index is 4.63. The number of hydrogen-bond acceptors (Lipinski definition) is 5. The third-order valence-electron chi connectivity index (χ3n) is 5.52. The van der Waals surface area contributed by atoms with Crippen LogP contribution in [0.2, 0.25) is 0 Å². The molecule has 1 aliphatic carbocycles. The van der Waals surface area contributed by atoms with Gasteiger partial charge in [-0.3, -0.25) is 9.58 Å². The minimum Gasteiger partial charge on any atom is -0.311 e. The molecule has 2 aromatic rings. The summed E-state index contributed by atoms with van der Waals surface area (Å²) in [6.07, 6.45) is 10.9. The number of piperidine rings is 1. The Hall–Kier alpha value is -1.99. The van der Waals surface area contributed by atoms with Gasteiger partial charge in [-0.25, -0.2) is 0 Å². The van der Waals surface area contributed by atoms with Crippen LogP contribution in [-0.2, 0) is 19.6 Å². The van der Waals surface area contributed by atoms with E-state index in [4.69, 9.17) is 0 Å². The fourth-order valence-corrected chi connectivity index (χ4v) is 4.06. The fraction of sp³-hybridized carbons (Fsp3) is 0.650. The van der Waals surface area contributed by atoms with Crippen molar-refractivity contribution in [3.05, 3.63) is 42.3 Å². The number of aromatic nitrogens is 5. The van der Waals surface area contributed by atoms with E-state index in [1.54, 1.807) is 0 Å². The molecule has 0 N–H and O–H groups in total. The molecule has 0 radical (unpaired) electrons. The highest BCUT2D eigenvalue weighted by Gasteiger charge is 2.33. The highest BCUT2D eigenvalue weighted by molar-refractivity contribution is 5.10. The summed E-state index contributed by atoms with van der Waals surface area (Å²) in [7, 11) is 4.20. The topological polar surface area (TPSA) is 55.0 Å². The third kappa shape index (κ3) is 4.30. The van der Waals surface area contributed by atoms with Gasteiger partial charge in [-0.05, 0) is 52.9 Å². The zero-order valence-electron chi connectivity index (χ0n) is 16.6. The van der Waals surface area contributed by atoms with E-state index >= 15 is 0 Å². The van der Waals surface area contributed by atoms with Crippen LogP contribution in [-0.4, -0.2) is 61.5 Å². The molecule has 1 aliphatic heterocycles. The van der Waals surface area contributed by atoms with Gasteiger partial charge < -0.3 is 9.47 Å². The molecule has 2 fully saturated rings. The second-order valence-corrected chi connectivity index (χ2v) is 8.22. The Kier molecular flexibility index (Phi) is 5.41. The van der Waals surface area contributed by atoms with E-state index in [0.29, 0.717) is 12.0 Å². The van der Waals surface area contributed by atoms with Crippen molar-refractivity contribution in [1.29, 1.82) is 0 Å². The molecule has 0 atom stereocenters. The van der Waals surface area contributed by atoms with Gasteiger partial charge in [-0.2, -0.15) is 5.10 Å². The Bertz CT molecular complexity index is 763. The van der Waals surface area contributed by atoms with Gasteiger partial charge in [0.05, 0.1) is 19.3 Å². The Morgan fingerprint density at radius 1 is 1.19 bits per heavy atom. The van der Waals surface area contributed by atoms with Crippen LogP contribution in [0.25, 0.3) is 0 Å². The second kappa shape index (κ2) is 7.94. The van der Waals surface area contributed by atoms with Gasteiger partial charge in [0.25, 0.3) is 0 Å². The summed E-state index contributed by atoms with van der Waals surface area (Å²) >= 11 is 0. The molecule has 7 nitrogen and oxygen atoms in total. The molecule has 2 aliphatic rings. The van der Waals surface area contributed by atoms with Crippen molar-refractivity contribution >= 4 is 0 Å². The van der Waals surface area contributed by atoms with E-state index in [9.17, 15) is 0 Å². The molecule has 1 saturated heterocycles. The molecule has 0 spiro atoms. The van der Waals surface area contributed by atoms with E-state index in [-0.39, 0.29) is 0 Å². The molecule has 4 rings (SSSR count).